The second kappa shape index (κ2) is 5.88. The minimum absolute atomic E-state index is 0.154. The fourth-order valence-electron chi connectivity index (χ4n) is 2.65. The smallest absolute Gasteiger partial charge is 0.0563 e. The molecule has 1 saturated carbocycles. The van der Waals surface area contributed by atoms with Crippen molar-refractivity contribution in [3.63, 3.8) is 0 Å². The molecule has 0 spiro atoms. The molecule has 1 nitrogen and oxygen atoms in total. The summed E-state index contributed by atoms with van der Waals surface area (Å²) >= 11 is 9.61. The summed E-state index contributed by atoms with van der Waals surface area (Å²) in [5.41, 5.74) is 9.96. The molecule has 0 radical (unpaired) electrons. The highest BCUT2D eigenvalue weighted by Crippen LogP contribution is 2.37. The molecule has 0 aliphatic heterocycles. The van der Waals surface area contributed by atoms with Gasteiger partial charge >= 0.3 is 0 Å². The van der Waals surface area contributed by atoms with E-state index in [0.717, 1.165) is 21.5 Å². The molecule has 0 aromatic heterocycles. The van der Waals surface area contributed by atoms with Crippen molar-refractivity contribution in [1.29, 1.82) is 0 Å². The minimum atomic E-state index is -0.154. The summed E-state index contributed by atoms with van der Waals surface area (Å²) in [7, 11) is 0. The lowest BCUT2D eigenvalue weighted by Gasteiger charge is -2.26. The first-order valence-corrected chi connectivity index (χ1v) is 8.12. The van der Waals surface area contributed by atoms with Crippen molar-refractivity contribution in [2.45, 2.75) is 31.2 Å². The third kappa shape index (κ3) is 2.78. The average molecular weight is 351 g/mol. The van der Waals surface area contributed by atoms with E-state index in [1.165, 1.54) is 24.8 Å². The summed E-state index contributed by atoms with van der Waals surface area (Å²) in [6.45, 7) is 0. The van der Waals surface area contributed by atoms with Gasteiger partial charge in [-0.15, -0.1) is 0 Å². The second-order valence-corrected chi connectivity index (χ2v) is 6.73. The van der Waals surface area contributed by atoms with Gasteiger partial charge in [-0.1, -0.05) is 58.2 Å². The Labute approximate surface area is 133 Å². The van der Waals surface area contributed by atoms with Crippen LogP contribution < -0.4 is 5.73 Å². The summed E-state index contributed by atoms with van der Waals surface area (Å²) in [4.78, 5) is 0. The second-order valence-electron chi connectivity index (χ2n) is 5.44. The van der Waals surface area contributed by atoms with Gasteiger partial charge in [-0.3, -0.25) is 0 Å². The molecule has 0 amide bonds. The minimum Gasteiger partial charge on any atom is -0.320 e. The van der Waals surface area contributed by atoms with Crippen LogP contribution in [-0.4, -0.2) is 0 Å². The zero-order valence-electron chi connectivity index (χ0n) is 11.2. The van der Waals surface area contributed by atoms with Crippen molar-refractivity contribution in [2.24, 2.45) is 5.73 Å². The number of hydrogen-bond donors (Lipinski definition) is 1. The van der Waals surface area contributed by atoms with Crippen LogP contribution in [0.15, 0.2) is 46.9 Å². The number of hydrogen-bond acceptors (Lipinski definition) is 1. The van der Waals surface area contributed by atoms with Gasteiger partial charge in [0.05, 0.1) is 6.04 Å². The van der Waals surface area contributed by atoms with Gasteiger partial charge in [0.15, 0.2) is 0 Å². The van der Waals surface area contributed by atoms with Crippen LogP contribution in [0, 0.1) is 0 Å². The Morgan fingerprint density at radius 1 is 1.10 bits per heavy atom. The molecule has 2 aromatic carbocycles. The van der Waals surface area contributed by atoms with Crippen molar-refractivity contribution >= 4 is 27.5 Å². The first-order chi connectivity index (χ1) is 9.65. The first-order valence-electron chi connectivity index (χ1n) is 6.95. The predicted octanol–water partition coefficient (Wildman–Crippen LogP) is 5.42. The van der Waals surface area contributed by atoms with E-state index in [1.807, 2.05) is 18.2 Å². The van der Waals surface area contributed by atoms with E-state index in [1.54, 1.807) is 0 Å². The van der Waals surface area contributed by atoms with Gasteiger partial charge in [0.25, 0.3) is 0 Å². The van der Waals surface area contributed by atoms with Gasteiger partial charge in [0.1, 0.15) is 0 Å². The van der Waals surface area contributed by atoms with Gasteiger partial charge in [-0.25, -0.2) is 0 Å². The summed E-state index contributed by atoms with van der Waals surface area (Å²) in [6.07, 6.45) is 4.01. The molecular formula is C17H17BrClN. The van der Waals surface area contributed by atoms with Crippen LogP contribution in [-0.2, 0) is 0 Å². The van der Waals surface area contributed by atoms with Gasteiger partial charge < -0.3 is 5.73 Å². The number of rotatable bonds is 3. The standard InChI is InChI=1S/C17H17BrClN/c18-16-9-8-14(19)10-15(16)17(20)13-6-4-12(5-7-13)11-2-1-3-11/h4-11,17H,1-3,20H2. The van der Waals surface area contributed by atoms with Gasteiger partial charge in [0.2, 0.25) is 0 Å². The molecule has 104 valence electrons. The quantitative estimate of drug-likeness (QED) is 0.786. The van der Waals surface area contributed by atoms with Crippen molar-refractivity contribution in [2.75, 3.05) is 0 Å². The highest BCUT2D eigenvalue weighted by Gasteiger charge is 2.20. The molecule has 2 aromatic rings. The van der Waals surface area contributed by atoms with E-state index in [2.05, 4.69) is 40.2 Å². The molecule has 0 heterocycles. The maximum Gasteiger partial charge on any atom is 0.0563 e. The molecule has 1 atom stereocenters. The molecule has 3 rings (SSSR count). The SMILES string of the molecule is NC(c1ccc(C2CCC2)cc1)c1cc(Cl)ccc1Br. The first kappa shape index (κ1) is 14.1. The van der Waals surface area contributed by atoms with Crippen LogP contribution in [0.1, 0.15) is 47.9 Å². The third-order valence-electron chi connectivity index (χ3n) is 4.17. The molecule has 1 aliphatic carbocycles. The zero-order valence-corrected chi connectivity index (χ0v) is 13.5. The largest absolute Gasteiger partial charge is 0.320 e. The molecule has 20 heavy (non-hydrogen) atoms. The highest BCUT2D eigenvalue weighted by molar-refractivity contribution is 9.10. The van der Waals surface area contributed by atoms with Crippen molar-refractivity contribution in [3.8, 4) is 0 Å². The molecule has 1 aliphatic rings. The van der Waals surface area contributed by atoms with Crippen LogP contribution in [0.3, 0.4) is 0 Å². The van der Waals surface area contributed by atoms with Crippen LogP contribution >= 0.6 is 27.5 Å². The van der Waals surface area contributed by atoms with Crippen molar-refractivity contribution in [3.05, 3.63) is 68.7 Å². The molecule has 0 saturated heterocycles. The fourth-order valence-corrected chi connectivity index (χ4v) is 3.32. The monoisotopic (exact) mass is 349 g/mol. The molecule has 1 unspecified atom stereocenters. The Morgan fingerprint density at radius 2 is 1.80 bits per heavy atom. The summed E-state index contributed by atoms with van der Waals surface area (Å²) in [5.74, 6) is 0.762. The van der Waals surface area contributed by atoms with Crippen LogP contribution in [0.2, 0.25) is 5.02 Å². The van der Waals surface area contributed by atoms with E-state index >= 15 is 0 Å². The Balaban J connectivity index is 1.85. The fraction of sp³-hybridized carbons (Fsp3) is 0.294. The van der Waals surface area contributed by atoms with Gasteiger partial charge in [0, 0.05) is 9.50 Å². The highest BCUT2D eigenvalue weighted by atomic mass is 79.9. The zero-order chi connectivity index (χ0) is 14.1. The number of halogens is 2. The predicted molar refractivity (Wildman–Crippen MR) is 88.2 cm³/mol. The normalized spacial score (nSPS) is 16.8. The molecule has 1 fully saturated rings. The van der Waals surface area contributed by atoms with E-state index < -0.39 is 0 Å². The van der Waals surface area contributed by atoms with E-state index in [9.17, 15) is 0 Å². The van der Waals surface area contributed by atoms with Crippen molar-refractivity contribution in [1.82, 2.24) is 0 Å². The van der Waals surface area contributed by atoms with Crippen LogP contribution in [0.25, 0.3) is 0 Å². The van der Waals surface area contributed by atoms with E-state index in [0.29, 0.717) is 5.02 Å². The third-order valence-corrected chi connectivity index (χ3v) is 5.12. The van der Waals surface area contributed by atoms with Crippen LogP contribution in [0.4, 0.5) is 0 Å². The van der Waals surface area contributed by atoms with E-state index in [-0.39, 0.29) is 6.04 Å². The Bertz CT molecular complexity index is 605. The van der Waals surface area contributed by atoms with Crippen molar-refractivity contribution < 1.29 is 0 Å². The van der Waals surface area contributed by atoms with Gasteiger partial charge in [-0.2, -0.15) is 0 Å². The molecule has 2 N–H and O–H groups in total. The Kier molecular flexibility index (Phi) is 4.16. The maximum absolute atomic E-state index is 6.37. The average Bonchev–Trinajstić information content (AvgIpc) is 2.40. The topological polar surface area (TPSA) is 26.0 Å². The van der Waals surface area contributed by atoms with Crippen LogP contribution in [0.5, 0.6) is 0 Å². The lowest BCUT2D eigenvalue weighted by atomic mass is 9.79. The Hall–Kier alpha value is -0.830. The maximum atomic E-state index is 6.37. The van der Waals surface area contributed by atoms with E-state index in [4.69, 9.17) is 17.3 Å². The number of benzene rings is 2. The summed E-state index contributed by atoms with van der Waals surface area (Å²) < 4.78 is 0.998. The van der Waals surface area contributed by atoms with Gasteiger partial charge in [-0.05, 0) is 53.6 Å². The molecule has 0 bridgehead atoms. The molecule has 3 heteroatoms. The Morgan fingerprint density at radius 3 is 2.40 bits per heavy atom. The summed E-state index contributed by atoms with van der Waals surface area (Å²) in [5, 5.41) is 0.713. The number of nitrogens with two attached hydrogens (primary N) is 1. The lowest BCUT2D eigenvalue weighted by Crippen LogP contribution is -2.13. The lowest BCUT2D eigenvalue weighted by molar-refractivity contribution is 0.419. The summed E-state index contributed by atoms with van der Waals surface area (Å²) in [6, 6.07) is 14.3. The molecular weight excluding hydrogens is 334 g/mol.